The van der Waals surface area contributed by atoms with Gasteiger partial charge in [-0.1, -0.05) is 0 Å². The number of nitrogens with zero attached hydrogens (tertiary/aromatic N) is 1. The molecule has 2 N–H and O–H groups in total. The van der Waals surface area contributed by atoms with Crippen molar-refractivity contribution in [3.63, 3.8) is 0 Å². The molecule has 0 radical (unpaired) electrons. The maximum Gasteiger partial charge on any atom is 0.250 e. The number of aryl methyl sites for hydroxylation is 1. The third kappa shape index (κ3) is 3.32. The first-order valence-corrected chi connectivity index (χ1v) is 5.09. The zero-order valence-electron chi connectivity index (χ0n) is 7.37. The second-order valence-corrected chi connectivity index (χ2v) is 3.79. The summed E-state index contributed by atoms with van der Waals surface area (Å²) >= 11 is 3.32. The summed E-state index contributed by atoms with van der Waals surface area (Å²) in [5.41, 5.74) is 5.41. The number of rotatable bonds is 4. The molecule has 0 aromatic carbocycles. The van der Waals surface area contributed by atoms with E-state index in [1.807, 2.05) is 0 Å². The van der Waals surface area contributed by atoms with Crippen LogP contribution in [0.4, 0.5) is 0 Å². The fourth-order valence-electron chi connectivity index (χ4n) is 1.10. The fraction of sp³-hybridized carbons (Fsp3) is 0.444. The highest BCUT2D eigenvalue weighted by molar-refractivity contribution is 9.10. The molecule has 0 atom stereocenters. The van der Waals surface area contributed by atoms with Gasteiger partial charge in [0, 0.05) is 23.3 Å². The van der Waals surface area contributed by atoms with Crippen LogP contribution in [0.15, 0.2) is 27.6 Å². The van der Waals surface area contributed by atoms with Crippen LogP contribution >= 0.6 is 15.9 Å². The molecular formula is C9H13BrN2O. The Balaban J connectivity index is 2.65. The first-order valence-electron chi connectivity index (χ1n) is 4.30. The number of aromatic nitrogens is 1. The minimum Gasteiger partial charge on any atom is -0.330 e. The van der Waals surface area contributed by atoms with Crippen LogP contribution in [0.5, 0.6) is 0 Å². The average molecular weight is 245 g/mol. The summed E-state index contributed by atoms with van der Waals surface area (Å²) in [5, 5.41) is 0. The minimum absolute atomic E-state index is 0.0419. The lowest BCUT2D eigenvalue weighted by Crippen LogP contribution is -2.18. The van der Waals surface area contributed by atoms with Crippen molar-refractivity contribution in [3.05, 3.63) is 33.2 Å². The second kappa shape index (κ2) is 5.19. The van der Waals surface area contributed by atoms with Gasteiger partial charge in [-0.3, -0.25) is 4.79 Å². The summed E-state index contributed by atoms with van der Waals surface area (Å²) in [6.07, 6.45) is 3.71. The van der Waals surface area contributed by atoms with Crippen molar-refractivity contribution in [1.82, 2.24) is 4.57 Å². The van der Waals surface area contributed by atoms with Crippen LogP contribution in [-0.2, 0) is 6.54 Å². The quantitative estimate of drug-likeness (QED) is 0.814. The molecule has 0 aliphatic heterocycles. The Hall–Kier alpha value is -0.610. The first-order chi connectivity index (χ1) is 6.24. The predicted octanol–water partition coefficient (Wildman–Crippen LogP) is 1.35. The van der Waals surface area contributed by atoms with Crippen LogP contribution in [0.25, 0.3) is 0 Å². The predicted molar refractivity (Wildman–Crippen MR) is 56.7 cm³/mol. The van der Waals surface area contributed by atoms with E-state index in [1.165, 1.54) is 0 Å². The van der Waals surface area contributed by atoms with Gasteiger partial charge in [-0.05, 0) is 41.4 Å². The monoisotopic (exact) mass is 244 g/mol. The van der Waals surface area contributed by atoms with Gasteiger partial charge in [0.15, 0.2) is 0 Å². The van der Waals surface area contributed by atoms with Gasteiger partial charge in [-0.2, -0.15) is 0 Å². The Morgan fingerprint density at radius 3 is 2.85 bits per heavy atom. The van der Waals surface area contributed by atoms with E-state index in [1.54, 1.807) is 22.9 Å². The second-order valence-electron chi connectivity index (χ2n) is 2.87. The molecule has 0 amide bonds. The van der Waals surface area contributed by atoms with E-state index >= 15 is 0 Å². The van der Waals surface area contributed by atoms with E-state index in [0.717, 1.165) is 23.9 Å². The largest absolute Gasteiger partial charge is 0.330 e. The minimum atomic E-state index is 0.0419. The molecule has 4 heteroatoms. The fourth-order valence-corrected chi connectivity index (χ4v) is 1.48. The van der Waals surface area contributed by atoms with Crippen LogP contribution in [0, 0.1) is 0 Å². The lowest BCUT2D eigenvalue weighted by atomic mass is 10.3. The number of hydrogen-bond acceptors (Lipinski definition) is 2. The van der Waals surface area contributed by atoms with E-state index in [-0.39, 0.29) is 5.56 Å². The maximum absolute atomic E-state index is 11.3. The SMILES string of the molecule is NCCCCn1cc(Br)ccc1=O. The Bertz CT molecular complexity index is 322. The van der Waals surface area contributed by atoms with E-state index in [4.69, 9.17) is 5.73 Å². The molecule has 0 bridgehead atoms. The lowest BCUT2D eigenvalue weighted by Gasteiger charge is -2.04. The van der Waals surface area contributed by atoms with Gasteiger partial charge in [-0.25, -0.2) is 0 Å². The number of nitrogens with two attached hydrogens (primary N) is 1. The third-order valence-corrected chi connectivity index (χ3v) is 2.27. The van der Waals surface area contributed by atoms with Crippen molar-refractivity contribution in [1.29, 1.82) is 0 Å². The van der Waals surface area contributed by atoms with Crippen LogP contribution in [0.3, 0.4) is 0 Å². The number of hydrogen-bond donors (Lipinski definition) is 1. The summed E-state index contributed by atoms with van der Waals surface area (Å²) in [6.45, 7) is 1.43. The number of unbranched alkanes of at least 4 members (excludes halogenated alkanes) is 1. The van der Waals surface area contributed by atoms with Crippen molar-refractivity contribution >= 4 is 15.9 Å². The van der Waals surface area contributed by atoms with Gasteiger partial charge >= 0.3 is 0 Å². The van der Waals surface area contributed by atoms with Gasteiger partial charge < -0.3 is 10.3 Å². The maximum atomic E-state index is 11.3. The Morgan fingerprint density at radius 2 is 2.15 bits per heavy atom. The smallest absolute Gasteiger partial charge is 0.250 e. The first kappa shape index (κ1) is 10.5. The molecule has 0 saturated heterocycles. The van der Waals surface area contributed by atoms with E-state index in [2.05, 4.69) is 15.9 Å². The van der Waals surface area contributed by atoms with Crippen molar-refractivity contribution < 1.29 is 0 Å². The molecule has 72 valence electrons. The molecule has 1 heterocycles. The van der Waals surface area contributed by atoms with Gasteiger partial charge in [0.2, 0.25) is 0 Å². The zero-order chi connectivity index (χ0) is 9.68. The number of halogens is 1. The molecule has 0 aliphatic carbocycles. The zero-order valence-corrected chi connectivity index (χ0v) is 8.96. The summed E-state index contributed by atoms with van der Waals surface area (Å²) in [7, 11) is 0. The molecule has 0 aliphatic rings. The average Bonchev–Trinajstić information content (AvgIpc) is 2.11. The van der Waals surface area contributed by atoms with Crippen molar-refractivity contribution in [2.75, 3.05) is 6.54 Å². The standard InChI is InChI=1S/C9H13BrN2O/c10-8-3-4-9(13)12(7-8)6-2-1-5-11/h3-4,7H,1-2,5-6,11H2. The van der Waals surface area contributed by atoms with Gasteiger partial charge in [0.1, 0.15) is 0 Å². The van der Waals surface area contributed by atoms with Crippen LogP contribution < -0.4 is 11.3 Å². The molecule has 0 saturated carbocycles. The van der Waals surface area contributed by atoms with E-state index in [9.17, 15) is 4.79 Å². The van der Waals surface area contributed by atoms with E-state index < -0.39 is 0 Å². The summed E-state index contributed by atoms with van der Waals surface area (Å²) in [6, 6.07) is 3.31. The van der Waals surface area contributed by atoms with E-state index in [0.29, 0.717) is 6.54 Å². The molecule has 1 aromatic heterocycles. The van der Waals surface area contributed by atoms with Gasteiger partial charge in [-0.15, -0.1) is 0 Å². The normalized spacial score (nSPS) is 10.3. The van der Waals surface area contributed by atoms with Crippen molar-refractivity contribution in [3.8, 4) is 0 Å². The molecular weight excluding hydrogens is 232 g/mol. The highest BCUT2D eigenvalue weighted by atomic mass is 79.9. The summed E-state index contributed by atoms with van der Waals surface area (Å²) in [5.74, 6) is 0. The third-order valence-electron chi connectivity index (χ3n) is 1.80. The Morgan fingerprint density at radius 1 is 1.38 bits per heavy atom. The van der Waals surface area contributed by atoms with Gasteiger partial charge in [0.05, 0.1) is 0 Å². The Kier molecular flexibility index (Phi) is 4.18. The molecule has 13 heavy (non-hydrogen) atoms. The highest BCUT2D eigenvalue weighted by Crippen LogP contribution is 2.05. The molecule has 0 spiro atoms. The van der Waals surface area contributed by atoms with Crippen LogP contribution in [-0.4, -0.2) is 11.1 Å². The number of pyridine rings is 1. The topological polar surface area (TPSA) is 48.0 Å². The molecule has 0 unspecified atom stereocenters. The molecule has 0 fully saturated rings. The Labute approximate surface area is 85.7 Å². The molecule has 1 aromatic rings. The molecule has 1 rings (SSSR count). The van der Waals surface area contributed by atoms with Crippen LogP contribution in [0.1, 0.15) is 12.8 Å². The van der Waals surface area contributed by atoms with Gasteiger partial charge in [0.25, 0.3) is 5.56 Å². The summed E-state index contributed by atoms with van der Waals surface area (Å²) < 4.78 is 2.62. The molecule has 3 nitrogen and oxygen atoms in total. The van der Waals surface area contributed by atoms with Crippen molar-refractivity contribution in [2.45, 2.75) is 19.4 Å². The lowest BCUT2D eigenvalue weighted by molar-refractivity contribution is 0.597. The highest BCUT2D eigenvalue weighted by Gasteiger charge is 1.95. The van der Waals surface area contributed by atoms with Crippen molar-refractivity contribution in [2.24, 2.45) is 5.73 Å². The summed E-state index contributed by atoms with van der Waals surface area (Å²) in [4.78, 5) is 11.3. The van der Waals surface area contributed by atoms with Crippen LogP contribution in [0.2, 0.25) is 0 Å².